The van der Waals surface area contributed by atoms with Gasteiger partial charge in [-0.25, -0.2) is 0 Å². The van der Waals surface area contributed by atoms with Crippen molar-refractivity contribution in [3.05, 3.63) is 34.4 Å². The first-order valence-corrected chi connectivity index (χ1v) is 7.16. The number of aliphatic carboxylic acids is 1. The van der Waals surface area contributed by atoms with Crippen molar-refractivity contribution in [1.29, 1.82) is 0 Å². The first kappa shape index (κ1) is 16.7. The molecule has 1 amide bonds. The summed E-state index contributed by atoms with van der Waals surface area (Å²) in [5.41, 5.74) is 0.840. The third kappa shape index (κ3) is 4.92. The van der Waals surface area contributed by atoms with Gasteiger partial charge in [-0.2, -0.15) is 0 Å². The Hall–Kier alpha value is -2.68. The van der Waals surface area contributed by atoms with Gasteiger partial charge in [0.1, 0.15) is 6.54 Å². The predicted molar refractivity (Wildman–Crippen MR) is 82.4 cm³/mol. The second-order valence-electron chi connectivity index (χ2n) is 5.21. The van der Waals surface area contributed by atoms with E-state index in [0.29, 0.717) is 26.2 Å². The van der Waals surface area contributed by atoms with Gasteiger partial charge in [0, 0.05) is 44.0 Å². The summed E-state index contributed by atoms with van der Waals surface area (Å²) in [6, 6.07) is 6.46. The third-order valence-electron chi connectivity index (χ3n) is 3.58. The third-order valence-corrected chi connectivity index (χ3v) is 3.58. The fraction of sp³-hybridized carbons (Fsp3) is 0.429. The summed E-state index contributed by atoms with van der Waals surface area (Å²) >= 11 is 0. The maximum Gasteiger partial charge on any atom is 0.322 e. The summed E-state index contributed by atoms with van der Waals surface area (Å²) in [6.45, 7) is 2.32. The topological polar surface area (TPSA) is 116 Å². The Morgan fingerprint density at radius 2 is 1.96 bits per heavy atom. The van der Waals surface area contributed by atoms with E-state index in [-0.39, 0.29) is 24.7 Å². The molecule has 1 aromatic carbocycles. The Bertz CT molecular complexity index is 599. The van der Waals surface area contributed by atoms with Gasteiger partial charge in [-0.15, -0.1) is 0 Å². The Morgan fingerprint density at radius 3 is 2.57 bits per heavy atom. The molecule has 0 unspecified atom stereocenters. The highest BCUT2D eigenvalue weighted by atomic mass is 16.6. The van der Waals surface area contributed by atoms with Crippen LogP contribution in [0.2, 0.25) is 0 Å². The standard InChI is InChI=1S/C14H18N4O5/c19-13(15-9-14(20)21)10-16-4-6-17(7-5-16)11-2-1-3-12(8-11)18(22)23/h1-3,8H,4-7,9-10H2,(H,15,19)(H,20,21). The van der Waals surface area contributed by atoms with Gasteiger partial charge in [-0.05, 0) is 6.07 Å². The van der Waals surface area contributed by atoms with Crippen LogP contribution >= 0.6 is 0 Å². The van der Waals surface area contributed by atoms with Crippen LogP contribution in [0.25, 0.3) is 0 Å². The molecule has 0 saturated carbocycles. The molecule has 9 heteroatoms. The molecule has 1 aliphatic rings. The van der Waals surface area contributed by atoms with Gasteiger partial charge in [0.2, 0.25) is 5.91 Å². The van der Waals surface area contributed by atoms with Gasteiger partial charge in [0.25, 0.3) is 5.69 Å². The number of nitro benzene ring substituents is 1. The molecular formula is C14H18N4O5. The molecule has 0 aromatic heterocycles. The molecule has 0 aliphatic carbocycles. The number of hydrogen-bond donors (Lipinski definition) is 2. The smallest absolute Gasteiger partial charge is 0.322 e. The minimum atomic E-state index is -1.08. The van der Waals surface area contributed by atoms with Gasteiger partial charge >= 0.3 is 5.97 Å². The second-order valence-corrected chi connectivity index (χ2v) is 5.21. The quantitative estimate of drug-likeness (QED) is 0.555. The molecule has 0 radical (unpaired) electrons. The van der Waals surface area contributed by atoms with E-state index in [9.17, 15) is 19.7 Å². The van der Waals surface area contributed by atoms with Crippen molar-refractivity contribution < 1.29 is 19.6 Å². The van der Waals surface area contributed by atoms with Gasteiger partial charge in [0.05, 0.1) is 11.5 Å². The first-order valence-electron chi connectivity index (χ1n) is 7.16. The van der Waals surface area contributed by atoms with E-state index in [4.69, 9.17) is 5.11 Å². The minimum Gasteiger partial charge on any atom is -0.480 e. The summed E-state index contributed by atoms with van der Waals surface area (Å²) in [6.07, 6.45) is 0. The highest BCUT2D eigenvalue weighted by Crippen LogP contribution is 2.22. The van der Waals surface area contributed by atoms with Crippen LogP contribution in [0.3, 0.4) is 0 Å². The lowest BCUT2D eigenvalue weighted by Crippen LogP contribution is -2.49. The molecule has 124 valence electrons. The number of non-ortho nitro benzene ring substituents is 1. The molecule has 1 saturated heterocycles. The average Bonchev–Trinajstić information content (AvgIpc) is 2.54. The lowest BCUT2D eigenvalue weighted by Gasteiger charge is -2.35. The molecule has 2 rings (SSSR count). The summed E-state index contributed by atoms with van der Waals surface area (Å²) < 4.78 is 0. The summed E-state index contributed by atoms with van der Waals surface area (Å²) in [7, 11) is 0. The average molecular weight is 322 g/mol. The van der Waals surface area contributed by atoms with E-state index < -0.39 is 10.9 Å². The zero-order valence-electron chi connectivity index (χ0n) is 12.5. The van der Waals surface area contributed by atoms with Crippen molar-refractivity contribution in [1.82, 2.24) is 10.2 Å². The second kappa shape index (κ2) is 7.54. The number of benzene rings is 1. The van der Waals surface area contributed by atoms with Crippen molar-refractivity contribution >= 4 is 23.3 Å². The minimum absolute atomic E-state index is 0.0537. The van der Waals surface area contributed by atoms with Crippen molar-refractivity contribution in [2.75, 3.05) is 44.2 Å². The number of nitro groups is 1. The molecule has 2 N–H and O–H groups in total. The maximum absolute atomic E-state index is 11.6. The van der Waals surface area contributed by atoms with Gasteiger partial charge in [-0.1, -0.05) is 6.07 Å². The number of nitrogens with zero attached hydrogens (tertiary/aromatic N) is 3. The van der Waals surface area contributed by atoms with E-state index in [1.54, 1.807) is 6.07 Å². The monoisotopic (exact) mass is 322 g/mol. The van der Waals surface area contributed by atoms with E-state index in [2.05, 4.69) is 5.32 Å². The fourth-order valence-electron chi connectivity index (χ4n) is 2.40. The number of carboxylic acids is 1. The van der Waals surface area contributed by atoms with Crippen LogP contribution in [-0.4, -0.2) is 66.1 Å². The number of hydrogen-bond acceptors (Lipinski definition) is 6. The van der Waals surface area contributed by atoms with Crippen molar-refractivity contribution in [3.63, 3.8) is 0 Å². The highest BCUT2D eigenvalue weighted by Gasteiger charge is 2.20. The SMILES string of the molecule is O=C(O)CNC(=O)CN1CCN(c2cccc([N+](=O)[O-])c2)CC1. The van der Waals surface area contributed by atoms with Crippen LogP contribution in [0.4, 0.5) is 11.4 Å². The molecule has 1 aromatic rings. The number of carboxylic acid groups (broad SMARTS) is 1. The number of amides is 1. The molecule has 1 aliphatic heterocycles. The van der Waals surface area contributed by atoms with Crippen LogP contribution in [0.1, 0.15) is 0 Å². The van der Waals surface area contributed by atoms with Crippen LogP contribution < -0.4 is 10.2 Å². The number of carbonyl (C=O) groups excluding carboxylic acids is 1. The van der Waals surface area contributed by atoms with Gasteiger partial charge in [-0.3, -0.25) is 24.6 Å². The van der Waals surface area contributed by atoms with Gasteiger partial charge < -0.3 is 15.3 Å². The molecule has 9 nitrogen and oxygen atoms in total. The molecular weight excluding hydrogens is 304 g/mol. The molecule has 1 heterocycles. The molecule has 0 bridgehead atoms. The Kier molecular flexibility index (Phi) is 5.47. The molecule has 0 atom stereocenters. The summed E-state index contributed by atoms with van der Waals surface area (Å²) in [4.78, 5) is 36.3. The molecule has 1 fully saturated rings. The normalized spacial score (nSPS) is 15.2. The number of piperazine rings is 1. The van der Waals surface area contributed by atoms with Crippen molar-refractivity contribution in [2.45, 2.75) is 0 Å². The van der Waals surface area contributed by atoms with Crippen LogP contribution in [0.5, 0.6) is 0 Å². The number of nitrogens with one attached hydrogen (secondary N) is 1. The Morgan fingerprint density at radius 1 is 1.26 bits per heavy atom. The van der Waals surface area contributed by atoms with Crippen LogP contribution in [0, 0.1) is 10.1 Å². The van der Waals surface area contributed by atoms with Gasteiger partial charge in [0.15, 0.2) is 0 Å². The number of rotatable bonds is 6. The van der Waals surface area contributed by atoms with E-state index in [1.165, 1.54) is 12.1 Å². The van der Waals surface area contributed by atoms with E-state index in [1.807, 2.05) is 15.9 Å². The zero-order chi connectivity index (χ0) is 16.8. The lowest BCUT2D eigenvalue weighted by atomic mass is 10.2. The van der Waals surface area contributed by atoms with E-state index >= 15 is 0 Å². The fourth-order valence-corrected chi connectivity index (χ4v) is 2.40. The summed E-state index contributed by atoms with van der Waals surface area (Å²) in [5.74, 6) is -1.40. The first-order chi connectivity index (χ1) is 11.0. The number of carbonyl (C=O) groups is 2. The largest absolute Gasteiger partial charge is 0.480 e. The highest BCUT2D eigenvalue weighted by molar-refractivity contribution is 5.82. The van der Waals surface area contributed by atoms with E-state index in [0.717, 1.165) is 5.69 Å². The maximum atomic E-state index is 11.6. The van der Waals surface area contributed by atoms with Crippen molar-refractivity contribution in [2.24, 2.45) is 0 Å². The molecule has 23 heavy (non-hydrogen) atoms. The van der Waals surface area contributed by atoms with Crippen LogP contribution in [-0.2, 0) is 9.59 Å². The summed E-state index contributed by atoms with van der Waals surface area (Å²) in [5, 5.41) is 21.6. The molecule has 0 spiro atoms. The number of anilines is 1. The Labute approximate surface area is 132 Å². The van der Waals surface area contributed by atoms with Crippen molar-refractivity contribution in [3.8, 4) is 0 Å². The zero-order valence-corrected chi connectivity index (χ0v) is 12.5. The lowest BCUT2D eigenvalue weighted by molar-refractivity contribution is -0.384. The Balaban J connectivity index is 1.84. The van der Waals surface area contributed by atoms with Crippen LogP contribution in [0.15, 0.2) is 24.3 Å². The predicted octanol–water partition coefficient (Wildman–Crippen LogP) is -0.0824.